The van der Waals surface area contributed by atoms with E-state index in [2.05, 4.69) is 10.6 Å². The van der Waals surface area contributed by atoms with Gasteiger partial charge in [-0.3, -0.25) is 19.3 Å². The van der Waals surface area contributed by atoms with Gasteiger partial charge in [-0.15, -0.1) is 0 Å². The molecule has 0 spiro atoms. The van der Waals surface area contributed by atoms with Crippen molar-refractivity contribution in [2.24, 2.45) is 0 Å². The molecule has 30 heavy (non-hydrogen) atoms. The molecule has 2 aromatic carbocycles. The van der Waals surface area contributed by atoms with Crippen molar-refractivity contribution in [2.45, 2.75) is 20.3 Å². The van der Waals surface area contributed by atoms with Gasteiger partial charge in [0.25, 0.3) is 11.8 Å². The van der Waals surface area contributed by atoms with Crippen LogP contribution in [0.4, 0.5) is 11.4 Å². The molecule has 2 aromatic rings. The number of carbonyl (C=O) groups excluding carboxylic acids is 3. The highest BCUT2D eigenvalue weighted by Gasteiger charge is 2.38. The van der Waals surface area contributed by atoms with Crippen molar-refractivity contribution in [2.75, 3.05) is 24.3 Å². The molecule has 2 N–H and O–H groups in total. The average Bonchev–Trinajstić information content (AvgIpc) is 2.93. The number of ether oxygens (including phenoxy) is 1. The van der Waals surface area contributed by atoms with Crippen LogP contribution in [0.5, 0.6) is 5.75 Å². The van der Waals surface area contributed by atoms with Crippen molar-refractivity contribution in [1.29, 1.82) is 0 Å². The molecule has 0 aromatic heterocycles. The number of benzene rings is 2. The van der Waals surface area contributed by atoms with Gasteiger partial charge < -0.3 is 15.4 Å². The minimum absolute atomic E-state index is 0.182. The molecule has 0 saturated heterocycles. The lowest BCUT2D eigenvalue weighted by atomic mass is 10.0. The first kappa shape index (κ1) is 21.4. The second kappa shape index (κ2) is 9.00. The van der Waals surface area contributed by atoms with Gasteiger partial charge in [-0.1, -0.05) is 30.7 Å². The van der Waals surface area contributed by atoms with Gasteiger partial charge in [-0.05, 0) is 42.3 Å². The molecule has 3 amide bonds. The molecule has 0 unspecified atom stereocenters. The van der Waals surface area contributed by atoms with Gasteiger partial charge in [0.15, 0.2) is 0 Å². The molecule has 7 nitrogen and oxygen atoms in total. The Labute approximate surface area is 179 Å². The topological polar surface area (TPSA) is 87.7 Å². The Morgan fingerprint density at radius 3 is 2.30 bits per heavy atom. The number of hydrogen-bond donors (Lipinski definition) is 2. The summed E-state index contributed by atoms with van der Waals surface area (Å²) < 4.78 is 5.16. The number of methoxy groups -OCH3 is 1. The monoisotopic (exact) mass is 427 g/mol. The van der Waals surface area contributed by atoms with E-state index in [0.29, 0.717) is 40.7 Å². The minimum atomic E-state index is -0.394. The van der Waals surface area contributed by atoms with E-state index in [4.69, 9.17) is 16.3 Å². The van der Waals surface area contributed by atoms with E-state index in [1.807, 2.05) is 6.92 Å². The Bertz CT molecular complexity index is 1030. The lowest BCUT2D eigenvalue weighted by Crippen LogP contribution is -2.33. The van der Waals surface area contributed by atoms with Crippen LogP contribution in [0.1, 0.15) is 25.8 Å². The number of nitrogens with one attached hydrogen (secondary N) is 2. The number of anilines is 2. The van der Waals surface area contributed by atoms with E-state index in [1.165, 1.54) is 18.9 Å². The number of amides is 3. The maximum absolute atomic E-state index is 13.0. The maximum Gasteiger partial charge on any atom is 0.278 e. The van der Waals surface area contributed by atoms with Crippen molar-refractivity contribution in [3.05, 3.63) is 58.7 Å². The Morgan fingerprint density at radius 1 is 1.07 bits per heavy atom. The van der Waals surface area contributed by atoms with Crippen LogP contribution in [0.2, 0.25) is 5.02 Å². The van der Waals surface area contributed by atoms with Gasteiger partial charge in [-0.2, -0.15) is 0 Å². The molecule has 0 radical (unpaired) electrons. The summed E-state index contributed by atoms with van der Waals surface area (Å²) in [5.41, 5.74) is 2.19. The molecule has 1 aliphatic rings. The Kier molecular flexibility index (Phi) is 6.42. The zero-order valence-corrected chi connectivity index (χ0v) is 17.7. The zero-order chi connectivity index (χ0) is 21.8. The fourth-order valence-electron chi connectivity index (χ4n) is 3.20. The van der Waals surface area contributed by atoms with E-state index in [1.54, 1.807) is 42.5 Å². The van der Waals surface area contributed by atoms with Crippen molar-refractivity contribution >= 4 is 46.3 Å². The number of carbonyl (C=O) groups is 3. The lowest BCUT2D eigenvalue weighted by molar-refractivity contribution is -0.136. The molecular formula is C22H22ClN3O4. The smallest absolute Gasteiger partial charge is 0.278 e. The molecule has 0 aliphatic carbocycles. The van der Waals surface area contributed by atoms with Gasteiger partial charge in [0.05, 0.1) is 17.7 Å². The summed E-state index contributed by atoms with van der Waals surface area (Å²) in [6.45, 7) is 3.64. The lowest BCUT2D eigenvalue weighted by Gasteiger charge is -2.14. The molecule has 0 bridgehead atoms. The molecule has 1 aliphatic heterocycles. The van der Waals surface area contributed by atoms with Crippen LogP contribution in [-0.2, 0) is 14.4 Å². The summed E-state index contributed by atoms with van der Waals surface area (Å²) in [5, 5.41) is 6.12. The van der Waals surface area contributed by atoms with Gasteiger partial charge in [0.1, 0.15) is 11.4 Å². The highest BCUT2D eigenvalue weighted by atomic mass is 35.5. The first-order valence-electron chi connectivity index (χ1n) is 9.44. The summed E-state index contributed by atoms with van der Waals surface area (Å²) in [6, 6.07) is 11.8. The third-order valence-corrected chi connectivity index (χ3v) is 4.83. The summed E-state index contributed by atoms with van der Waals surface area (Å²) in [7, 11) is 1.52. The number of hydrogen-bond acceptors (Lipinski definition) is 5. The highest BCUT2D eigenvalue weighted by Crippen LogP contribution is 2.33. The van der Waals surface area contributed by atoms with Gasteiger partial charge in [-0.25, -0.2) is 0 Å². The number of rotatable bonds is 7. The normalized spacial score (nSPS) is 13.7. The van der Waals surface area contributed by atoms with Crippen molar-refractivity contribution in [3.63, 3.8) is 0 Å². The van der Waals surface area contributed by atoms with E-state index in [-0.39, 0.29) is 23.1 Å². The maximum atomic E-state index is 13.0. The molecular weight excluding hydrogens is 406 g/mol. The molecule has 0 saturated carbocycles. The number of halogens is 1. The van der Waals surface area contributed by atoms with Crippen LogP contribution < -0.4 is 15.4 Å². The summed E-state index contributed by atoms with van der Waals surface area (Å²) in [6.07, 6.45) is 0.647. The van der Waals surface area contributed by atoms with E-state index >= 15 is 0 Å². The summed E-state index contributed by atoms with van der Waals surface area (Å²) in [5.74, 6) is -0.445. The molecule has 0 fully saturated rings. The van der Waals surface area contributed by atoms with Crippen LogP contribution in [0.25, 0.3) is 5.57 Å². The average molecular weight is 428 g/mol. The third kappa shape index (κ3) is 4.31. The van der Waals surface area contributed by atoms with E-state index < -0.39 is 5.91 Å². The number of imide groups is 1. The standard InChI is InChI=1S/C22H22ClN3O4/c1-4-11-26-21(28)19(14-5-7-15(8-6-14)24-13(2)27)20(22(26)29)25-16-9-10-18(30-3)17(23)12-16/h5-10,12,25H,4,11H2,1-3H3,(H,24,27). The van der Waals surface area contributed by atoms with Crippen LogP contribution in [0, 0.1) is 0 Å². The SMILES string of the molecule is CCCN1C(=O)C(Nc2ccc(OC)c(Cl)c2)=C(c2ccc(NC(C)=O)cc2)C1=O. The quantitative estimate of drug-likeness (QED) is 0.654. The van der Waals surface area contributed by atoms with E-state index in [0.717, 1.165) is 0 Å². The highest BCUT2D eigenvalue weighted by molar-refractivity contribution is 6.36. The first-order valence-corrected chi connectivity index (χ1v) is 9.82. The molecule has 8 heteroatoms. The van der Waals surface area contributed by atoms with Crippen molar-refractivity contribution in [3.8, 4) is 5.75 Å². The fourth-order valence-corrected chi connectivity index (χ4v) is 3.46. The Morgan fingerprint density at radius 2 is 1.73 bits per heavy atom. The fraction of sp³-hybridized carbons (Fsp3) is 0.227. The third-order valence-electron chi connectivity index (χ3n) is 4.53. The van der Waals surface area contributed by atoms with Crippen LogP contribution in [-0.4, -0.2) is 36.3 Å². The predicted octanol–water partition coefficient (Wildman–Crippen LogP) is 3.91. The minimum Gasteiger partial charge on any atom is -0.495 e. The zero-order valence-electron chi connectivity index (χ0n) is 16.9. The van der Waals surface area contributed by atoms with Crippen LogP contribution >= 0.6 is 11.6 Å². The summed E-state index contributed by atoms with van der Waals surface area (Å²) in [4.78, 5) is 38.5. The largest absolute Gasteiger partial charge is 0.495 e. The van der Waals surface area contributed by atoms with Gasteiger partial charge >= 0.3 is 0 Å². The van der Waals surface area contributed by atoms with E-state index in [9.17, 15) is 14.4 Å². The number of nitrogens with zero attached hydrogens (tertiary/aromatic N) is 1. The second-order valence-corrected chi connectivity index (χ2v) is 7.15. The van der Waals surface area contributed by atoms with Crippen molar-refractivity contribution < 1.29 is 19.1 Å². The van der Waals surface area contributed by atoms with Gasteiger partial charge in [0.2, 0.25) is 5.91 Å². The summed E-state index contributed by atoms with van der Waals surface area (Å²) >= 11 is 6.19. The molecule has 0 atom stereocenters. The predicted molar refractivity (Wildman–Crippen MR) is 116 cm³/mol. The Hall–Kier alpha value is -3.32. The van der Waals surface area contributed by atoms with Crippen LogP contribution in [0.15, 0.2) is 48.2 Å². The van der Waals surface area contributed by atoms with Gasteiger partial charge in [0, 0.05) is 24.8 Å². The van der Waals surface area contributed by atoms with Crippen LogP contribution in [0.3, 0.4) is 0 Å². The second-order valence-electron chi connectivity index (χ2n) is 6.74. The molecule has 156 valence electrons. The molecule has 3 rings (SSSR count). The molecule has 1 heterocycles. The Balaban J connectivity index is 2.02. The first-order chi connectivity index (χ1) is 14.3. The van der Waals surface area contributed by atoms with Crippen molar-refractivity contribution in [1.82, 2.24) is 4.90 Å².